The summed E-state index contributed by atoms with van der Waals surface area (Å²) in [7, 11) is 1.34. The zero-order valence-corrected chi connectivity index (χ0v) is 11.1. The quantitative estimate of drug-likeness (QED) is 0.823. The molecule has 0 saturated carbocycles. The van der Waals surface area contributed by atoms with Gasteiger partial charge < -0.3 is 19.5 Å². The van der Waals surface area contributed by atoms with Crippen molar-refractivity contribution in [3.63, 3.8) is 0 Å². The minimum absolute atomic E-state index is 0.0662. The van der Waals surface area contributed by atoms with E-state index in [0.29, 0.717) is 11.8 Å². The van der Waals surface area contributed by atoms with Gasteiger partial charge in [-0.15, -0.1) is 0 Å². The van der Waals surface area contributed by atoms with E-state index in [-0.39, 0.29) is 12.6 Å². The molecule has 5 nitrogen and oxygen atoms in total. The number of ether oxygens (including phenoxy) is 3. The molecule has 0 radical (unpaired) electrons. The Morgan fingerprint density at radius 2 is 2.00 bits per heavy atom. The second-order valence-corrected chi connectivity index (χ2v) is 4.42. The van der Waals surface area contributed by atoms with E-state index in [0.717, 1.165) is 31.7 Å². The molecule has 0 aliphatic carbocycles. The molecule has 1 aliphatic heterocycles. The third-order valence-corrected chi connectivity index (χ3v) is 3.03. The van der Waals surface area contributed by atoms with Crippen LogP contribution in [0.15, 0.2) is 24.3 Å². The molecule has 1 fully saturated rings. The molecule has 0 unspecified atom stereocenters. The third-order valence-electron chi connectivity index (χ3n) is 3.03. The van der Waals surface area contributed by atoms with Crippen molar-refractivity contribution in [2.45, 2.75) is 18.9 Å². The zero-order valence-electron chi connectivity index (χ0n) is 11.1. The SMILES string of the molecule is COC(=O)COc1ccc(NC2CCOCC2)cc1. The molecule has 1 N–H and O–H groups in total. The van der Waals surface area contributed by atoms with Crippen LogP contribution in [-0.4, -0.2) is 38.9 Å². The Kier molecular flexibility index (Phi) is 5.03. The van der Waals surface area contributed by atoms with Gasteiger partial charge in [0.05, 0.1) is 7.11 Å². The van der Waals surface area contributed by atoms with Gasteiger partial charge in [-0.3, -0.25) is 0 Å². The van der Waals surface area contributed by atoms with Crippen molar-refractivity contribution >= 4 is 11.7 Å². The van der Waals surface area contributed by atoms with Crippen molar-refractivity contribution in [1.29, 1.82) is 0 Å². The molecular weight excluding hydrogens is 246 g/mol. The van der Waals surface area contributed by atoms with E-state index in [2.05, 4.69) is 10.1 Å². The molecular formula is C14H19NO4. The van der Waals surface area contributed by atoms with Gasteiger partial charge in [-0.1, -0.05) is 0 Å². The van der Waals surface area contributed by atoms with Crippen molar-refractivity contribution in [3.05, 3.63) is 24.3 Å². The number of benzene rings is 1. The Morgan fingerprint density at radius 1 is 1.32 bits per heavy atom. The van der Waals surface area contributed by atoms with Crippen LogP contribution in [0.4, 0.5) is 5.69 Å². The molecule has 1 saturated heterocycles. The highest BCUT2D eigenvalue weighted by molar-refractivity contribution is 5.70. The van der Waals surface area contributed by atoms with E-state index in [1.165, 1.54) is 7.11 Å². The van der Waals surface area contributed by atoms with Crippen molar-refractivity contribution < 1.29 is 19.0 Å². The molecule has 0 spiro atoms. The number of esters is 1. The predicted octanol–water partition coefficient (Wildman–Crippen LogP) is 1.83. The Bertz CT molecular complexity index is 398. The normalized spacial score (nSPS) is 15.8. The monoisotopic (exact) mass is 265 g/mol. The molecule has 104 valence electrons. The Hall–Kier alpha value is -1.75. The fourth-order valence-corrected chi connectivity index (χ4v) is 1.93. The second kappa shape index (κ2) is 6.99. The van der Waals surface area contributed by atoms with Crippen LogP contribution in [0.1, 0.15) is 12.8 Å². The first-order valence-corrected chi connectivity index (χ1v) is 6.42. The number of carbonyl (C=O) groups is 1. The molecule has 1 aliphatic rings. The van der Waals surface area contributed by atoms with Gasteiger partial charge in [-0.05, 0) is 37.1 Å². The Morgan fingerprint density at radius 3 is 2.63 bits per heavy atom. The van der Waals surface area contributed by atoms with Crippen LogP contribution in [0.25, 0.3) is 0 Å². The van der Waals surface area contributed by atoms with Gasteiger partial charge in [0.1, 0.15) is 5.75 Å². The summed E-state index contributed by atoms with van der Waals surface area (Å²) in [6.07, 6.45) is 2.06. The minimum Gasteiger partial charge on any atom is -0.482 e. The summed E-state index contributed by atoms with van der Waals surface area (Å²) in [6, 6.07) is 8.04. The summed E-state index contributed by atoms with van der Waals surface area (Å²) in [5.41, 5.74) is 1.05. The molecule has 0 atom stereocenters. The van der Waals surface area contributed by atoms with Crippen LogP contribution in [0.3, 0.4) is 0 Å². The maximum absolute atomic E-state index is 10.9. The summed E-state index contributed by atoms with van der Waals surface area (Å²) in [6.45, 7) is 1.57. The van der Waals surface area contributed by atoms with Gasteiger partial charge in [-0.25, -0.2) is 4.79 Å². The lowest BCUT2D eigenvalue weighted by Gasteiger charge is -2.24. The van der Waals surface area contributed by atoms with Crippen LogP contribution in [0.5, 0.6) is 5.75 Å². The zero-order chi connectivity index (χ0) is 13.5. The number of methoxy groups -OCH3 is 1. The maximum Gasteiger partial charge on any atom is 0.343 e. The smallest absolute Gasteiger partial charge is 0.343 e. The summed E-state index contributed by atoms with van der Waals surface area (Å²) in [5, 5.41) is 3.46. The van der Waals surface area contributed by atoms with Crippen LogP contribution in [0, 0.1) is 0 Å². The van der Waals surface area contributed by atoms with Crippen LogP contribution in [-0.2, 0) is 14.3 Å². The summed E-state index contributed by atoms with van der Waals surface area (Å²) >= 11 is 0. The van der Waals surface area contributed by atoms with Crippen LogP contribution in [0.2, 0.25) is 0 Å². The molecule has 0 amide bonds. The van der Waals surface area contributed by atoms with Gasteiger partial charge >= 0.3 is 5.97 Å². The third kappa shape index (κ3) is 4.44. The van der Waals surface area contributed by atoms with Gasteiger partial charge in [-0.2, -0.15) is 0 Å². The summed E-state index contributed by atoms with van der Waals surface area (Å²) in [5.74, 6) is 0.271. The maximum atomic E-state index is 10.9. The lowest BCUT2D eigenvalue weighted by atomic mass is 10.1. The van der Waals surface area contributed by atoms with E-state index >= 15 is 0 Å². The van der Waals surface area contributed by atoms with Gasteiger partial charge in [0.25, 0.3) is 0 Å². The van der Waals surface area contributed by atoms with Crippen molar-refractivity contribution in [2.24, 2.45) is 0 Å². The average Bonchev–Trinajstić information content (AvgIpc) is 2.47. The Labute approximate surface area is 112 Å². The molecule has 2 rings (SSSR count). The van der Waals surface area contributed by atoms with Gasteiger partial charge in [0.2, 0.25) is 0 Å². The molecule has 1 aromatic rings. The van der Waals surface area contributed by atoms with Gasteiger partial charge in [0, 0.05) is 24.9 Å². The predicted molar refractivity (Wildman–Crippen MR) is 71.4 cm³/mol. The molecule has 1 heterocycles. The number of nitrogens with one attached hydrogen (secondary N) is 1. The molecule has 0 bridgehead atoms. The number of hydrogen-bond acceptors (Lipinski definition) is 5. The highest BCUT2D eigenvalue weighted by Gasteiger charge is 2.13. The van der Waals surface area contributed by atoms with Crippen LogP contribution >= 0.6 is 0 Å². The van der Waals surface area contributed by atoms with Crippen molar-refractivity contribution in [2.75, 3.05) is 32.2 Å². The number of hydrogen-bond donors (Lipinski definition) is 1. The van der Waals surface area contributed by atoms with Crippen LogP contribution < -0.4 is 10.1 Å². The number of rotatable bonds is 5. The Balaban J connectivity index is 1.82. The van der Waals surface area contributed by atoms with Crippen molar-refractivity contribution in [1.82, 2.24) is 0 Å². The van der Waals surface area contributed by atoms with E-state index in [1.54, 1.807) is 0 Å². The lowest BCUT2D eigenvalue weighted by molar-refractivity contribution is -0.142. The topological polar surface area (TPSA) is 56.8 Å². The number of carbonyl (C=O) groups excluding carboxylic acids is 1. The van der Waals surface area contributed by atoms with E-state index in [4.69, 9.17) is 9.47 Å². The fraction of sp³-hybridized carbons (Fsp3) is 0.500. The highest BCUT2D eigenvalue weighted by Crippen LogP contribution is 2.19. The van der Waals surface area contributed by atoms with E-state index in [9.17, 15) is 4.79 Å². The summed E-state index contributed by atoms with van der Waals surface area (Å²) < 4.78 is 15.1. The highest BCUT2D eigenvalue weighted by atomic mass is 16.6. The van der Waals surface area contributed by atoms with E-state index in [1.807, 2.05) is 24.3 Å². The first-order chi connectivity index (χ1) is 9.28. The van der Waals surface area contributed by atoms with E-state index < -0.39 is 0 Å². The first-order valence-electron chi connectivity index (χ1n) is 6.42. The van der Waals surface area contributed by atoms with Crippen molar-refractivity contribution in [3.8, 4) is 5.75 Å². The first kappa shape index (κ1) is 13.7. The lowest BCUT2D eigenvalue weighted by Crippen LogP contribution is -2.27. The molecule has 1 aromatic carbocycles. The number of anilines is 1. The largest absolute Gasteiger partial charge is 0.482 e. The average molecular weight is 265 g/mol. The minimum atomic E-state index is -0.385. The second-order valence-electron chi connectivity index (χ2n) is 4.42. The molecule has 19 heavy (non-hydrogen) atoms. The summed E-state index contributed by atoms with van der Waals surface area (Å²) in [4.78, 5) is 10.9. The van der Waals surface area contributed by atoms with Gasteiger partial charge in [0.15, 0.2) is 6.61 Å². The fourth-order valence-electron chi connectivity index (χ4n) is 1.93. The standard InChI is InChI=1S/C14H19NO4/c1-17-14(16)10-19-13-4-2-11(3-5-13)15-12-6-8-18-9-7-12/h2-5,12,15H,6-10H2,1H3. The molecule has 0 aromatic heterocycles. The molecule has 5 heteroatoms.